The number of rotatable bonds is 10. The van der Waals surface area contributed by atoms with Crippen molar-refractivity contribution in [2.24, 2.45) is 0 Å². The number of aryl methyl sites for hydroxylation is 2. The quantitative estimate of drug-likeness (QED) is 0.0999. The molecule has 0 saturated carbocycles. The summed E-state index contributed by atoms with van der Waals surface area (Å²) in [5, 5.41) is 21.0. The molecule has 0 unspecified atom stereocenters. The lowest BCUT2D eigenvalue weighted by Gasteiger charge is -2.23. The molecule has 0 amide bonds. The summed E-state index contributed by atoms with van der Waals surface area (Å²) in [5.41, 5.74) is 14.7. The van der Waals surface area contributed by atoms with E-state index in [1.165, 1.54) is 154 Å². The first-order valence-electron chi connectivity index (χ1n) is 35.0. The molecule has 0 aliphatic heterocycles. The van der Waals surface area contributed by atoms with Crippen LogP contribution in [0.1, 0.15) is 11.1 Å². The van der Waals surface area contributed by atoms with Crippen molar-refractivity contribution in [2.45, 2.75) is 13.8 Å². The second-order valence-electron chi connectivity index (χ2n) is 26.1. The van der Waals surface area contributed by atoms with Crippen molar-refractivity contribution in [3.63, 3.8) is 0 Å². The topological polar surface area (TPSA) is 16.2 Å². The lowest BCUT2D eigenvalue weighted by Crippen LogP contribution is -2.09. The molecule has 0 aliphatic carbocycles. The van der Waals surface area contributed by atoms with Crippen molar-refractivity contribution in [2.75, 3.05) is 59.7 Å². The molecule has 0 bridgehead atoms. The highest BCUT2D eigenvalue weighted by molar-refractivity contribution is 6.34. The molecule has 5 nitrogen and oxygen atoms in total. The molecule has 0 saturated heterocycles. The van der Waals surface area contributed by atoms with E-state index in [0.717, 1.165) is 0 Å². The van der Waals surface area contributed by atoms with E-state index in [2.05, 4.69) is 432 Å². The monoisotopic (exact) mass is 1320 g/mol. The molecule has 18 rings (SSSR count). The average molecular weight is 1320 g/mol. The highest BCUT2D eigenvalue weighted by atomic mass is 15.1. The summed E-state index contributed by atoms with van der Waals surface area (Å²) in [4.78, 5) is 11.1. The van der Waals surface area contributed by atoms with Gasteiger partial charge in [-0.1, -0.05) is 260 Å². The summed E-state index contributed by atoms with van der Waals surface area (Å²) in [6.07, 6.45) is 0. The molecular weight excluding hydrogens is 1240 g/mol. The van der Waals surface area contributed by atoms with Gasteiger partial charge >= 0.3 is 0 Å². The van der Waals surface area contributed by atoms with E-state index in [4.69, 9.17) is 0 Å². The normalized spacial score (nSPS) is 10.9. The van der Waals surface area contributed by atoms with Crippen molar-refractivity contribution in [1.29, 1.82) is 0 Å². The number of hydrogen-bond acceptors (Lipinski definition) is 5. The van der Waals surface area contributed by atoms with Crippen LogP contribution in [0.4, 0.5) is 56.9 Å². The molecular formula is C97H83N5. The molecule has 18 aromatic rings. The van der Waals surface area contributed by atoms with Crippen molar-refractivity contribution < 1.29 is 0 Å². The third-order valence-electron chi connectivity index (χ3n) is 19.6. The van der Waals surface area contributed by atoms with E-state index in [1.807, 2.05) is 18.2 Å². The summed E-state index contributed by atoms with van der Waals surface area (Å²) in [6.45, 7) is 4.22. The van der Waals surface area contributed by atoms with E-state index < -0.39 is 0 Å². The first-order chi connectivity index (χ1) is 50.0. The average Bonchev–Trinajstić information content (AvgIpc) is 0.718. The van der Waals surface area contributed by atoms with E-state index in [1.54, 1.807) is 0 Å². The SMILES string of the molecule is CN(c1ccccc1)c1cc2ccccc2c2ccccc12.CN(c1ccccc1)c1ccc2c3cccc4cccc(c5cccc1c52)c43.CN(c1ccccc1)c1ccc2cc3ccccc3cc2c1.Cc1ccc(N(C)c2ccccc2)cc1.Cc1cccc(N(C)c2ccccc2)c1. The number of hydrogen-bond donors (Lipinski definition) is 0. The molecule has 5 heteroatoms. The molecule has 0 aromatic heterocycles. The maximum atomic E-state index is 2.30. The van der Waals surface area contributed by atoms with Crippen LogP contribution >= 0.6 is 0 Å². The van der Waals surface area contributed by atoms with Crippen LogP contribution in [0.25, 0.3) is 86.2 Å². The van der Waals surface area contributed by atoms with Crippen LogP contribution in [-0.2, 0) is 0 Å². The van der Waals surface area contributed by atoms with Gasteiger partial charge in [0, 0.05) is 103 Å². The Labute approximate surface area is 600 Å². The zero-order chi connectivity index (χ0) is 69.9. The van der Waals surface area contributed by atoms with Crippen molar-refractivity contribution in [3.05, 3.63) is 387 Å². The Hall–Kier alpha value is -12.7. The largest absolute Gasteiger partial charge is 0.345 e. The second-order valence-corrected chi connectivity index (χ2v) is 26.1. The van der Waals surface area contributed by atoms with Crippen LogP contribution in [-0.4, -0.2) is 35.2 Å². The number of benzene rings is 18. The number of para-hydroxylation sites is 5. The molecule has 0 aliphatic rings. The summed E-state index contributed by atoms with van der Waals surface area (Å²) in [7, 11) is 10.6. The third-order valence-corrected chi connectivity index (χ3v) is 19.6. The highest BCUT2D eigenvalue weighted by Crippen LogP contribution is 2.44. The Kier molecular flexibility index (Phi) is 20.0. The van der Waals surface area contributed by atoms with Crippen LogP contribution in [0, 0.1) is 13.8 Å². The van der Waals surface area contributed by atoms with Gasteiger partial charge in [0.1, 0.15) is 0 Å². The first-order valence-corrected chi connectivity index (χ1v) is 35.0. The maximum Gasteiger partial charge on any atom is 0.0494 e. The first kappa shape index (κ1) is 66.5. The van der Waals surface area contributed by atoms with E-state index >= 15 is 0 Å². The highest BCUT2D eigenvalue weighted by Gasteiger charge is 2.17. The van der Waals surface area contributed by atoms with Crippen LogP contribution in [0.3, 0.4) is 0 Å². The van der Waals surface area contributed by atoms with Crippen molar-refractivity contribution in [1.82, 2.24) is 0 Å². The van der Waals surface area contributed by atoms with Gasteiger partial charge in [0.25, 0.3) is 0 Å². The Bertz CT molecular complexity index is 5760. The number of nitrogens with zero attached hydrogens (tertiary/aromatic N) is 5. The third kappa shape index (κ3) is 14.4. The van der Waals surface area contributed by atoms with Gasteiger partial charge in [0.15, 0.2) is 0 Å². The summed E-state index contributed by atoms with van der Waals surface area (Å²) < 4.78 is 0. The minimum atomic E-state index is 1.20. The smallest absolute Gasteiger partial charge is 0.0494 e. The fraction of sp³-hybridized carbons (Fsp3) is 0.0722. The molecule has 0 atom stereocenters. The molecule has 0 heterocycles. The van der Waals surface area contributed by atoms with Gasteiger partial charge in [-0.2, -0.15) is 0 Å². The number of anilines is 10. The summed E-state index contributed by atoms with van der Waals surface area (Å²) in [5.74, 6) is 0. The van der Waals surface area contributed by atoms with Gasteiger partial charge < -0.3 is 24.5 Å². The Morgan fingerprint density at radius 3 is 1.04 bits per heavy atom. The second kappa shape index (κ2) is 30.6. The van der Waals surface area contributed by atoms with Gasteiger partial charge in [0.2, 0.25) is 0 Å². The molecule has 18 aromatic carbocycles. The molecule has 0 N–H and O–H groups in total. The fourth-order valence-electron chi connectivity index (χ4n) is 14.0. The van der Waals surface area contributed by atoms with Crippen molar-refractivity contribution >= 4 is 143 Å². The van der Waals surface area contributed by atoms with Crippen molar-refractivity contribution in [3.8, 4) is 0 Å². The van der Waals surface area contributed by atoms with Gasteiger partial charge in [-0.3, -0.25) is 0 Å². The summed E-state index contributed by atoms with van der Waals surface area (Å²) >= 11 is 0. The minimum absolute atomic E-state index is 1.20. The predicted molar refractivity (Wildman–Crippen MR) is 445 cm³/mol. The standard InChI is InChI=1S/C27H19N.2C21H17N.2C14H15N/c1-28(19-10-3-2-4-11-19)25-17-16-23-21-13-6-9-18-8-5-12-20(26(18)21)22-14-7-15-24(25)27(22)23;1-22(17-10-3-2-4-11-17)21-15-16-9-5-6-12-18(16)19-13-7-8-14-20(19)21;1-22(20-9-3-2-4-10-20)21-12-11-18-13-16-7-5-6-8-17(16)14-19(18)15-21;1-12-7-6-10-14(11-12)15(2)13-8-4-3-5-9-13;1-12-8-10-14(11-9-12)15(2)13-6-4-3-5-7-13/h2-17H,1H3;2*2-15H,1H3;2*3-11H,1-2H3. The molecule has 0 fully saturated rings. The minimum Gasteiger partial charge on any atom is -0.345 e. The Morgan fingerprint density at radius 2 is 0.500 bits per heavy atom. The molecule has 0 spiro atoms. The van der Waals surface area contributed by atoms with Crippen LogP contribution < -0.4 is 24.5 Å². The molecule has 102 heavy (non-hydrogen) atoms. The number of fused-ring (bicyclic) bond motifs is 7. The van der Waals surface area contributed by atoms with Crippen LogP contribution in [0.15, 0.2) is 376 Å². The molecule has 0 radical (unpaired) electrons. The Balaban J connectivity index is 0.000000110. The van der Waals surface area contributed by atoms with E-state index in [9.17, 15) is 0 Å². The van der Waals surface area contributed by atoms with Gasteiger partial charge in [-0.05, 0) is 216 Å². The predicted octanol–water partition coefficient (Wildman–Crippen LogP) is 26.6. The molecule has 496 valence electrons. The van der Waals surface area contributed by atoms with E-state index in [-0.39, 0.29) is 0 Å². The zero-order valence-corrected chi connectivity index (χ0v) is 59.0. The zero-order valence-electron chi connectivity index (χ0n) is 59.0. The van der Waals surface area contributed by atoms with Gasteiger partial charge in [-0.25, -0.2) is 0 Å². The lowest BCUT2D eigenvalue weighted by atomic mass is 9.89. The lowest BCUT2D eigenvalue weighted by molar-refractivity contribution is 1.20. The van der Waals surface area contributed by atoms with Gasteiger partial charge in [0.05, 0.1) is 0 Å². The summed E-state index contributed by atoms with van der Waals surface area (Å²) in [6, 6.07) is 133. The fourth-order valence-corrected chi connectivity index (χ4v) is 14.0. The van der Waals surface area contributed by atoms with Crippen LogP contribution in [0.2, 0.25) is 0 Å². The van der Waals surface area contributed by atoms with E-state index in [0.29, 0.717) is 0 Å². The Morgan fingerprint density at radius 1 is 0.157 bits per heavy atom. The van der Waals surface area contributed by atoms with Gasteiger partial charge in [-0.15, -0.1) is 0 Å². The van der Waals surface area contributed by atoms with Crippen LogP contribution in [0.5, 0.6) is 0 Å². The maximum absolute atomic E-state index is 2.30.